The van der Waals surface area contributed by atoms with Crippen LogP contribution in [0.5, 0.6) is 0 Å². The summed E-state index contributed by atoms with van der Waals surface area (Å²) in [5.41, 5.74) is 6.59. The molecule has 0 spiro atoms. The first-order valence-corrected chi connectivity index (χ1v) is 8.46. The lowest BCUT2D eigenvalue weighted by molar-refractivity contribution is 0.201. The summed E-state index contributed by atoms with van der Waals surface area (Å²) in [6.07, 6.45) is 9.98. The Hall–Kier alpha value is -3.12. The van der Waals surface area contributed by atoms with Crippen molar-refractivity contribution in [3.05, 3.63) is 66.6 Å². The van der Waals surface area contributed by atoms with Crippen LogP contribution in [0.2, 0.25) is 0 Å². The van der Waals surface area contributed by atoms with Crippen molar-refractivity contribution < 1.29 is 4.74 Å². The molecule has 0 saturated heterocycles. The number of rotatable bonds is 5. The third-order valence-corrected chi connectivity index (χ3v) is 4.31. The van der Waals surface area contributed by atoms with Crippen LogP contribution in [0.4, 0.5) is 0 Å². The predicted molar refractivity (Wildman–Crippen MR) is 99.8 cm³/mol. The van der Waals surface area contributed by atoms with Crippen LogP contribution < -0.4 is 0 Å². The van der Waals surface area contributed by atoms with Crippen LogP contribution in [0.3, 0.4) is 0 Å². The molecule has 130 valence electrons. The average molecular weight is 345 g/mol. The highest BCUT2D eigenvalue weighted by Gasteiger charge is 2.15. The van der Waals surface area contributed by atoms with Crippen molar-refractivity contribution in [1.29, 1.82) is 0 Å². The van der Waals surface area contributed by atoms with Crippen LogP contribution in [0.15, 0.2) is 55.2 Å². The van der Waals surface area contributed by atoms with Crippen molar-refractivity contribution in [3.63, 3.8) is 0 Å². The van der Waals surface area contributed by atoms with E-state index < -0.39 is 0 Å². The highest BCUT2D eigenvalue weighted by atomic mass is 16.5. The molecule has 0 bridgehead atoms. The number of fused-ring (bicyclic) bond motifs is 1. The molecule has 4 aromatic rings. The van der Waals surface area contributed by atoms with Crippen LogP contribution in [-0.2, 0) is 11.2 Å². The maximum atomic E-state index is 5.11. The lowest BCUT2D eigenvalue weighted by Gasteiger charge is -2.06. The van der Waals surface area contributed by atoms with Crippen molar-refractivity contribution in [2.75, 3.05) is 13.7 Å². The van der Waals surface area contributed by atoms with Gasteiger partial charge in [0.1, 0.15) is 5.69 Å². The second-order valence-corrected chi connectivity index (χ2v) is 6.04. The first-order valence-electron chi connectivity index (χ1n) is 8.46. The molecule has 0 aliphatic heterocycles. The normalized spacial score (nSPS) is 11.2. The van der Waals surface area contributed by atoms with E-state index in [1.54, 1.807) is 25.7 Å². The van der Waals surface area contributed by atoms with Gasteiger partial charge in [-0.25, -0.2) is 4.98 Å². The molecule has 4 rings (SSSR count). The minimum absolute atomic E-state index is 0.668. The number of aryl methyl sites for hydroxylation is 1. The van der Waals surface area contributed by atoms with Crippen LogP contribution >= 0.6 is 0 Å². The van der Waals surface area contributed by atoms with E-state index in [9.17, 15) is 0 Å². The van der Waals surface area contributed by atoms with E-state index in [0.717, 1.165) is 46.0 Å². The number of ether oxygens (including phenoxy) is 1. The van der Waals surface area contributed by atoms with Gasteiger partial charge in [-0.05, 0) is 31.2 Å². The fourth-order valence-electron chi connectivity index (χ4n) is 3.06. The van der Waals surface area contributed by atoms with Crippen LogP contribution in [0.1, 0.15) is 11.4 Å². The molecule has 0 aliphatic carbocycles. The van der Waals surface area contributed by atoms with Crippen molar-refractivity contribution in [2.24, 2.45) is 0 Å². The van der Waals surface area contributed by atoms with Gasteiger partial charge in [0.2, 0.25) is 0 Å². The lowest BCUT2D eigenvalue weighted by atomic mass is 10.1. The molecule has 6 heteroatoms. The van der Waals surface area contributed by atoms with Crippen molar-refractivity contribution in [1.82, 2.24) is 24.3 Å². The molecule has 0 atom stereocenters. The number of hydrogen-bond donors (Lipinski definition) is 0. The van der Waals surface area contributed by atoms with Crippen LogP contribution in [-0.4, -0.2) is 38.1 Å². The Balaban J connectivity index is 1.80. The molecule has 0 N–H and O–H groups in total. The Bertz CT molecular complexity index is 1030. The molecule has 4 heterocycles. The molecule has 4 aromatic heterocycles. The Morgan fingerprint density at radius 1 is 1.04 bits per heavy atom. The van der Waals surface area contributed by atoms with E-state index in [1.807, 2.05) is 37.5 Å². The fraction of sp³-hybridized carbons (Fsp3) is 0.200. The van der Waals surface area contributed by atoms with Crippen molar-refractivity contribution >= 4 is 5.65 Å². The number of pyridine rings is 2. The van der Waals surface area contributed by atoms with Gasteiger partial charge in [-0.15, -0.1) is 0 Å². The molecule has 0 aliphatic rings. The molecular weight excluding hydrogens is 326 g/mol. The molecular formula is C20H19N5O. The topological polar surface area (TPSA) is 65.2 Å². The van der Waals surface area contributed by atoms with Gasteiger partial charge in [-0.2, -0.15) is 0 Å². The number of methoxy groups -OCH3 is 1. The minimum atomic E-state index is 0.668. The molecule has 0 aromatic carbocycles. The SMILES string of the molecule is COCCc1ccc(-c2c(C)nc3c(-c4cccnc4)nccn23)cn1. The summed E-state index contributed by atoms with van der Waals surface area (Å²) < 4.78 is 7.18. The Morgan fingerprint density at radius 2 is 1.96 bits per heavy atom. The summed E-state index contributed by atoms with van der Waals surface area (Å²) in [5.74, 6) is 0. The largest absolute Gasteiger partial charge is 0.384 e. The van der Waals surface area contributed by atoms with Gasteiger partial charge in [-0.1, -0.05) is 0 Å². The second-order valence-electron chi connectivity index (χ2n) is 6.04. The van der Waals surface area contributed by atoms with E-state index in [1.165, 1.54) is 0 Å². The average Bonchev–Trinajstić information content (AvgIpc) is 3.03. The number of imidazole rings is 1. The first kappa shape index (κ1) is 16.4. The summed E-state index contributed by atoms with van der Waals surface area (Å²) in [7, 11) is 1.70. The van der Waals surface area contributed by atoms with Crippen molar-refractivity contribution in [2.45, 2.75) is 13.3 Å². The summed E-state index contributed by atoms with van der Waals surface area (Å²) >= 11 is 0. The third kappa shape index (κ3) is 2.95. The highest BCUT2D eigenvalue weighted by Crippen LogP contribution is 2.28. The summed E-state index contributed by atoms with van der Waals surface area (Å²) in [5, 5.41) is 0. The predicted octanol–water partition coefficient (Wildman–Crippen LogP) is 3.35. The van der Waals surface area contributed by atoms with E-state index in [0.29, 0.717) is 6.61 Å². The molecule has 26 heavy (non-hydrogen) atoms. The number of aromatic nitrogens is 5. The minimum Gasteiger partial charge on any atom is -0.384 e. The molecule has 6 nitrogen and oxygen atoms in total. The van der Waals surface area contributed by atoms with Gasteiger partial charge in [-0.3, -0.25) is 19.4 Å². The summed E-state index contributed by atoms with van der Waals surface area (Å²) in [6.45, 7) is 2.68. The van der Waals surface area contributed by atoms with E-state index in [2.05, 4.69) is 25.4 Å². The second kappa shape index (κ2) is 7.01. The zero-order valence-electron chi connectivity index (χ0n) is 14.8. The van der Waals surface area contributed by atoms with Crippen LogP contribution in [0, 0.1) is 6.92 Å². The van der Waals surface area contributed by atoms with Crippen molar-refractivity contribution in [3.8, 4) is 22.5 Å². The number of hydrogen-bond acceptors (Lipinski definition) is 5. The fourth-order valence-corrected chi connectivity index (χ4v) is 3.06. The Kier molecular flexibility index (Phi) is 4.41. The van der Waals surface area contributed by atoms with E-state index >= 15 is 0 Å². The maximum Gasteiger partial charge on any atom is 0.164 e. The van der Waals surface area contributed by atoms with E-state index in [4.69, 9.17) is 9.72 Å². The molecule has 0 saturated carbocycles. The first-order chi connectivity index (χ1) is 12.8. The third-order valence-electron chi connectivity index (χ3n) is 4.31. The van der Waals surface area contributed by atoms with Gasteiger partial charge < -0.3 is 4.74 Å². The Morgan fingerprint density at radius 3 is 2.69 bits per heavy atom. The quantitative estimate of drug-likeness (QED) is 0.555. The molecule has 0 radical (unpaired) electrons. The standard InChI is InChI=1S/C20H19N5O/c1-14-19(16-5-6-17(23-13-16)7-11-26-2)25-10-9-22-18(20(25)24-14)15-4-3-8-21-12-15/h3-6,8-10,12-13H,7,11H2,1-2H3. The van der Waals surface area contributed by atoms with Crippen LogP contribution in [0.25, 0.3) is 28.2 Å². The maximum absolute atomic E-state index is 5.11. The van der Waals surface area contributed by atoms with Gasteiger partial charge in [0.05, 0.1) is 18.0 Å². The zero-order valence-corrected chi connectivity index (χ0v) is 14.8. The molecule has 0 unspecified atom stereocenters. The Labute approximate surface area is 151 Å². The summed E-state index contributed by atoms with van der Waals surface area (Å²) in [6, 6.07) is 8.01. The van der Waals surface area contributed by atoms with E-state index in [-0.39, 0.29) is 0 Å². The van der Waals surface area contributed by atoms with Gasteiger partial charge in [0.15, 0.2) is 5.65 Å². The monoisotopic (exact) mass is 345 g/mol. The zero-order chi connectivity index (χ0) is 17.9. The molecule has 0 fully saturated rings. The number of nitrogens with zero attached hydrogens (tertiary/aromatic N) is 5. The van der Waals surface area contributed by atoms with Gasteiger partial charge >= 0.3 is 0 Å². The smallest absolute Gasteiger partial charge is 0.164 e. The highest BCUT2D eigenvalue weighted by molar-refractivity contribution is 5.77. The molecule has 0 amide bonds. The summed E-state index contributed by atoms with van der Waals surface area (Å²) in [4.78, 5) is 18.0. The van der Waals surface area contributed by atoms with Gasteiger partial charge in [0.25, 0.3) is 0 Å². The van der Waals surface area contributed by atoms with Gasteiger partial charge in [0, 0.05) is 61.3 Å². The lowest BCUT2D eigenvalue weighted by Crippen LogP contribution is -1.98.